The summed E-state index contributed by atoms with van der Waals surface area (Å²) in [5.74, 6) is 8.54. The molecule has 0 aromatic heterocycles. The summed E-state index contributed by atoms with van der Waals surface area (Å²) >= 11 is 0. The van der Waals surface area contributed by atoms with Gasteiger partial charge in [0.2, 0.25) is 0 Å². The van der Waals surface area contributed by atoms with Crippen molar-refractivity contribution < 1.29 is 9.53 Å². The van der Waals surface area contributed by atoms with Crippen molar-refractivity contribution in [1.82, 2.24) is 0 Å². The summed E-state index contributed by atoms with van der Waals surface area (Å²) in [6.45, 7) is 6.50. The molecule has 0 spiro atoms. The molecule has 0 heterocycles. The predicted molar refractivity (Wildman–Crippen MR) is 89.9 cm³/mol. The molecule has 0 aliphatic carbocycles. The molecular weight excluding hydrogens is 276 g/mol. The number of methoxy groups -OCH3 is 1. The number of hydrogen-bond donors (Lipinski definition) is 0. The van der Waals surface area contributed by atoms with E-state index in [1.165, 1.54) is 0 Å². The Hall–Kier alpha value is -1.97. The van der Waals surface area contributed by atoms with Gasteiger partial charge in [-0.15, -0.1) is 5.54 Å². The van der Waals surface area contributed by atoms with E-state index in [0.717, 1.165) is 18.1 Å². The largest absolute Gasteiger partial charge is 0.495 e. The highest BCUT2D eigenvalue weighted by Gasteiger charge is 2.24. The first kappa shape index (κ1) is 17.1. The molecular formula is C18H22O2Si. The normalized spacial score (nSPS) is 9.90. The van der Waals surface area contributed by atoms with Gasteiger partial charge < -0.3 is 4.74 Å². The van der Waals surface area contributed by atoms with E-state index in [1.54, 1.807) is 7.11 Å². The summed E-state index contributed by atoms with van der Waals surface area (Å²) < 4.78 is 5.20. The summed E-state index contributed by atoms with van der Waals surface area (Å²) in [4.78, 5) is 11.8. The smallest absolute Gasteiger partial charge is 0.278 e. The van der Waals surface area contributed by atoms with Crippen molar-refractivity contribution in [2.24, 2.45) is 0 Å². The highest BCUT2D eigenvalue weighted by molar-refractivity contribution is 6.87. The minimum absolute atomic E-state index is 0.312. The summed E-state index contributed by atoms with van der Waals surface area (Å²) in [6.07, 6.45) is 0. The Kier molecular flexibility index (Phi) is 6.79. The van der Waals surface area contributed by atoms with Crippen LogP contribution in [0.1, 0.15) is 26.3 Å². The Labute approximate surface area is 128 Å². The van der Waals surface area contributed by atoms with Gasteiger partial charge in [-0.05, 0) is 42.1 Å². The van der Waals surface area contributed by atoms with Crippen molar-refractivity contribution in [1.29, 1.82) is 0 Å². The van der Waals surface area contributed by atoms with E-state index >= 15 is 0 Å². The van der Waals surface area contributed by atoms with E-state index in [9.17, 15) is 4.79 Å². The van der Waals surface area contributed by atoms with Crippen LogP contribution >= 0.6 is 0 Å². The molecule has 1 aromatic carbocycles. The second kappa shape index (κ2) is 8.34. The van der Waals surface area contributed by atoms with Crippen LogP contribution in [0.25, 0.3) is 0 Å². The number of benzene rings is 1. The first-order valence-corrected chi connectivity index (χ1v) is 9.95. The first-order valence-electron chi connectivity index (χ1n) is 7.33. The van der Waals surface area contributed by atoms with Gasteiger partial charge in [0, 0.05) is 0 Å². The maximum absolute atomic E-state index is 11.8. The summed E-state index contributed by atoms with van der Waals surface area (Å²) in [7, 11) is 0.00843. The molecule has 0 saturated heterocycles. The van der Waals surface area contributed by atoms with E-state index in [2.05, 4.69) is 44.1 Å². The van der Waals surface area contributed by atoms with E-state index in [4.69, 9.17) is 4.74 Å². The zero-order chi connectivity index (χ0) is 15.7. The zero-order valence-electron chi connectivity index (χ0n) is 13.2. The lowest BCUT2D eigenvalue weighted by atomic mass is 10.2. The SMILES string of the molecule is CC[Si](C#CC(=O)C#Cc1ccccc1OC)(CC)CC. The van der Waals surface area contributed by atoms with Crippen LogP contribution in [0.2, 0.25) is 18.1 Å². The Morgan fingerprint density at radius 1 is 1.10 bits per heavy atom. The summed E-state index contributed by atoms with van der Waals surface area (Å²) in [5.41, 5.74) is 3.96. The molecule has 110 valence electrons. The van der Waals surface area contributed by atoms with Crippen LogP contribution in [0.4, 0.5) is 0 Å². The third-order valence-corrected chi connectivity index (χ3v) is 8.61. The maximum atomic E-state index is 11.8. The number of ether oxygens (including phenoxy) is 1. The second-order valence-corrected chi connectivity index (χ2v) is 9.80. The quantitative estimate of drug-likeness (QED) is 0.626. The second-order valence-electron chi connectivity index (χ2n) is 4.87. The molecule has 0 aliphatic heterocycles. The minimum Gasteiger partial charge on any atom is -0.495 e. The van der Waals surface area contributed by atoms with Gasteiger partial charge in [0.05, 0.1) is 12.7 Å². The average molecular weight is 298 g/mol. The Morgan fingerprint density at radius 2 is 1.71 bits per heavy atom. The molecule has 21 heavy (non-hydrogen) atoms. The van der Waals surface area contributed by atoms with Gasteiger partial charge >= 0.3 is 0 Å². The van der Waals surface area contributed by atoms with Gasteiger partial charge in [-0.1, -0.05) is 38.8 Å². The summed E-state index contributed by atoms with van der Waals surface area (Å²) in [5, 5.41) is 0. The van der Waals surface area contributed by atoms with Gasteiger partial charge in [-0.2, -0.15) is 0 Å². The van der Waals surface area contributed by atoms with E-state index in [-0.39, 0.29) is 5.78 Å². The van der Waals surface area contributed by atoms with Crippen molar-refractivity contribution in [2.45, 2.75) is 38.9 Å². The maximum Gasteiger partial charge on any atom is 0.278 e. The van der Waals surface area contributed by atoms with Crippen LogP contribution < -0.4 is 4.74 Å². The highest BCUT2D eigenvalue weighted by Crippen LogP contribution is 2.18. The lowest BCUT2D eigenvalue weighted by Gasteiger charge is -2.19. The zero-order valence-corrected chi connectivity index (χ0v) is 14.2. The van der Waals surface area contributed by atoms with E-state index in [0.29, 0.717) is 11.3 Å². The number of Topliss-reactive ketones (excluding diaryl/α,β-unsaturated/α-hetero) is 1. The molecule has 2 nitrogen and oxygen atoms in total. The molecule has 0 unspecified atom stereocenters. The molecule has 0 bridgehead atoms. The molecule has 0 fully saturated rings. The molecule has 0 amide bonds. The van der Waals surface area contributed by atoms with Crippen LogP contribution in [0, 0.1) is 23.3 Å². The molecule has 3 heteroatoms. The van der Waals surface area contributed by atoms with Crippen molar-refractivity contribution in [2.75, 3.05) is 7.11 Å². The molecule has 1 aromatic rings. The number of carbonyl (C=O) groups excluding carboxylic acids is 1. The molecule has 0 saturated carbocycles. The molecule has 0 atom stereocenters. The van der Waals surface area contributed by atoms with Crippen LogP contribution in [-0.2, 0) is 4.79 Å². The lowest BCUT2D eigenvalue weighted by molar-refractivity contribution is -0.108. The van der Waals surface area contributed by atoms with E-state index < -0.39 is 8.07 Å². The van der Waals surface area contributed by atoms with Crippen LogP contribution in [-0.4, -0.2) is 21.0 Å². The number of para-hydroxylation sites is 1. The highest BCUT2D eigenvalue weighted by atomic mass is 28.3. The van der Waals surface area contributed by atoms with Crippen molar-refractivity contribution in [3.63, 3.8) is 0 Å². The third-order valence-electron chi connectivity index (χ3n) is 3.89. The van der Waals surface area contributed by atoms with Gasteiger partial charge in [0.1, 0.15) is 13.8 Å². The molecule has 0 radical (unpaired) electrons. The third kappa shape index (κ3) is 4.81. The standard InChI is InChI=1S/C18H22O2Si/c1-5-21(6-2,7-3)15-14-17(19)13-12-16-10-8-9-11-18(16)20-4/h8-11H,5-7H2,1-4H3. The van der Waals surface area contributed by atoms with Crippen LogP contribution in [0.3, 0.4) is 0 Å². The fourth-order valence-electron chi connectivity index (χ4n) is 2.11. The first-order chi connectivity index (χ1) is 10.1. The molecule has 0 aliphatic rings. The van der Waals surface area contributed by atoms with Crippen molar-refractivity contribution in [3.05, 3.63) is 29.8 Å². The van der Waals surface area contributed by atoms with Gasteiger partial charge in [0.15, 0.2) is 0 Å². The Morgan fingerprint density at radius 3 is 2.29 bits per heavy atom. The number of carbonyl (C=O) groups is 1. The topological polar surface area (TPSA) is 26.3 Å². The molecule has 1 rings (SSSR count). The summed E-state index contributed by atoms with van der Waals surface area (Å²) in [6, 6.07) is 10.6. The molecule has 0 N–H and O–H groups in total. The Balaban J connectivity index is 2.92. The fourth-order valence-corrected chi connectivity index (χ4v) is 4.52. The lowest BCUT2D eigenvalue weighted by Crippen LogP contribution is -2.29. The van der Waals surface area contributed by atoms with Gasteiger partial charge in [-0.25, -0.2) is 0 Å². The monoisotopic (exact) mass is 298 g/mol. The fraction of sp³-hybridized carbons (Fsp3) is 0.389. The van der Waals surface area contributed by atoms with Gasteiger partial charge in [-0.3, -0.25) is 4.79 Å². The number of ketones is 1. The van der Waals surface area contributed by atoms with Crippen LogP contribution in [0.15, 0.2) is 24.3 Å². The number of rotatable bonds is 4. The number of hydrogen-bond acceptors (Lipinski definition) is 2. The van der Waals surface area contributed by atoms with Crippen molar-refractivity contribution in [3.8, 4) is 29.1 Å². The van der Waals surface area contributed by atoms with Gasteiger partial charge in [0.25, 0.3) is 5.78 Å². The Bertz CT molecular complexity index is 599. The van der Waals surface area contributed by atoms with Crippen molar-refractivity contribution >= 4 is 13.9 Å². The predicted octanol–water partition coefficient (Wildman–Crippen LogP) is 3.67. The van der Waals surface area contributed by atoms with Crippen LogP contribution in [0.5, 0.6) is 5.75 Å². The van der Waals surface area contributed by atoms with E-state index in [1.807, 2.05) is 24.3 Å². The minimum atomic E-state index is -1.58. The average Bonchev–Trinajstić information content (AvgIpc) is 2.55.